The normalized spacial score (nSPS) is 17.4. The first-order valence-electron chi connectivity index (χ1n) is 9.28. The predicted octanol–water partition coefficient (Wildman–Crippen LogP) is 1.94. The molecule has 144 valence electrons. The maximum atomic E-state index is 12.6. The van der Waals surface area contributed by atoms with Crippen LogP contribution in [0.25, 0.3) is 0 Å². The number of fused-ring (bicyclic) bond motifs is 1. The number of nitrogens with zero attached hydrogens (tertiary/aromatic N) is 2. The second kappa shape index (κ2) is 7.82. The molecule has 0 spiro atoms. The molecule has 1 heterocycles. The minimum atomic E-state index is -0.395. The average molecular weight is 379 g/mol. The largest absolute Gasteiger partial charge is 0.507 e. The molecule has 1 aliphatic heterocycles. The lowest BCUT2D eigenvalue weighted by atomic mass is 10.1. The van der Waals surface area contributed by atoms with Gasteiger partial charge in [0, 0.05) is 29.8 Å². The van der Waals surface area contributed by atoms with E-state index in [2.05, 4.69) is 10.5 Å². The van der Waals surface area contributed by atoms with Crippen LogP contribution < -0.4 is 5.43 Å². The second-order valence-corrected chi connectivity index (χ2v) is 6.80. The number of hydrazone groups is 1. The van der Waals surface area contributed by atoms with Crippen LogP contribution in [-0.4, -0.2) is 53.8 Å². The van der Waals surface area contributed by atoms with Gasteiger partial charge in [-0.05, 0) is 42.7 Å². The van der Waals surface area contributed by atoms with E-state index in [0.29, 0.717) is 55.1 Å². The summed E-state index contributed by atoms with van der Waals surface area (Å²) in [5.74, 6) is -0.340. The molecule has 7 nitrogen and oxygen atoms in total. The second-order valence-electron chi connectivity index (χ2n) is 6.80. The SMILES string of the molecule is O=C(N/N=C1\CCc2cccc(O)c21)c1cccc(C(=O)N2CCOCC2)c1. The molecule has 2 N–H and O–H groups in total. The maximum absolute atomic E-state index is 12.6. The smallest absolute Gasteiger partial charge is 0.271 e. The van der Waals surface area contributed by atoms with Crippen LogP contribution in [0.4, 0.5) is 0 Å². The molecular weight excluding hydrogens is 358 g/mol. The van der Waals surface area contributed by atoms with E-state index in [9.17, 15) is 14.7 Å². The number of phenols is 1. The van der Waals surface area contributed by atoms with Crippen LogP contribution in [0.2, 0.25) is 0 Å². The quantitative estimate of drug-likeness (QED) is 0.798. The number of benzene rings is 2. The molecule has 0 bridgehead atoms. The van der Waals surface area contributed by atoms with Gasteiger partial charge in [0.25, 0.3) is 11.8 Å². The summed E-state index contributed by atoms with van der Waals surface area (Å²) >= 11 is 0. The third kappa shape index (κ3) is 3.61. The minimum absolute atomic E-state index is 0.112. The van der Waals surface area contributed by atoms with Gasteiger partial charge in [0.1, 0.15) is 5.75 Å². The number of hydrogen-bond acceptors (Lipinski definition) is 5. The molecule has 2 aromatic carbocycles. The monoisotopic (exact) mass is 379 g/mol. The van der Waals surface area contributed by atoms with Gasteiger partial charge in [-0.25, -0.2) is 5.43 Å². The first-order chi connectivity index (χ1) is 13.6. The number of hydrogen-bond donors (Lipinski definition) is 2. The van der Waals surface area contributed by atoms with Crippen LogP contribution in [0.15, 0.2) is 47.6 Å². The van der Waals surface area contributed by atoms with E-state index in [1.807, 2.05) is 6.07 Å². The highest BCUT2D eigenvalue weighted by Crippen LogP contribution is 2.29. The standard InChI is InChI=1S/C21H21N3O4/c25-18-6-2-3-14-7-8-17(19(14)18)22-23-20(26)15-4-1-5-16(13-15)21(27)24-9-11-28-12-10-24/h1-6,13,25H,7-12H2,(H,23,26)/b22-17+. The first-order valence-corrected chi connectivity index (χ1v) is 9.28. The summed E-state index contributed by atoms with van der Waals surface area (Å²) in [6.07, 6.45) is 1.44. The van der Waals surface area contributed by atoms with Crippen LogP contribution in [0.3, 0.4) is 0 Å². The van der Waals surface area contributed by atoms with Crippen LogP contribution in [0.1, 0.15) is 38.3 Å². The fraction of sp³-hybridized carbons (Fsp3) is 0.286. The zero-order valence-electron chi connectivity index (χ0n) is 15.4. The van der Waals surface area contributed by atoms with Gasteiger partial charge in [-0.15, -0.1) is 0 Å². The molecule has 1 fully saturated rings. The summed E-state index contributed by atoms with van der Waals surface area (Å²) in [6, 6.07) is 12.0. The Morgan fingerprint density at radius 1 is 1.04 bits per heavy atom. The molecule has 2 aromatic rings. The van der Waals surface area contributed by atoms with Gasteiger partial charge in [0.15, 0.2) is 0 Å². The number of nitrogens with one attached hydrogen (secondary N) is 1. The van der Waals surface area contributed by atoms with Crippen molar-refractivity contribution >= 4 is 17.5 Å². The van der Waals surface area contributed by atoms with Crippen molar-refractivity contribution < 1.29 is 19.4 Å². The molecule has 4 rings (SSSR count). The summed E-state index contributed by atoms with van der Waals surface area (Å²) in [5, 5.41) is 14.3. The lowest BCUT2D eigenvalue weighted by molar-refractivity contribution is 0.0303. The van der Waals surface area contributed by atoms with Gasteiger partial charge in [-0.2, -0.15) is 5.10 Å². The summed E-state index contributed by atoms with van der Waals surface area (Å²) in [7, 11) is 0. The minimum Gasteiger partial charge on any atom is -0.507 e. The zero-order chi connectivity index (χ0) is 19.5. The van der Waals surface area contributed by atoms with E-state index < -0.39 is 5.91 Å². The number of phenolic OH excluding ortho intramolecular Hbond substituents is 1. The number of amides is 2. The number of aromatic hydroxyl groups is 1. The van der Waals surface area contributed by atoms with Gasteiger partial charge in [-0.3, -0.25) is 9.59 Å². The molecule has 2 aliphatic rings. The van der Waals surface area contributed by atoms with Crippen LogP contribution in [0, 0.1) is 0 Å². The molecule has 1 saturated heterocycles. The zero-order valence-corrected chi connectivity index (χ0v) is 15.4. The highest BCUT2D eigenvalue weighted by Gasteiger charge is 2.22. The van der Waals surface area contributed by atoms with Crippen LogP contribution in [0.5, 0.6) is 5.75 Å². The van der Waals surface area contributed by atoms with Crippen molar-refractivity contribution in [3.8, 4) is 5.75 Å². The van der Waals surface area contributed by atoms with Crippen molar-refractivity contribution in [1.82, 2.24) is 10.3 Å². The predicted molar refractivity (Wildman–Crippen MR) is 104 cm³/mol. The summed E-state index contributed by atoms with van der Waals surface area (Å²) in [6.45, 7) is 2.15. The third-order valence-corrected chi connectivity index (χ3v) is 5.01. The molecule has 28 heavy (non-hydrogen) atoms. The van der Waals surface area contributed by atoms with Gasteiger partial charge in [-0.1, -0.05) is 18.2 Å². The Labute approximate surface area is 162 Å². The van der Waals surface area contributed by atoms with Crippen LogP contribution >= 0.6 is 0 Å². The Hall–Kier alpha value is -3.19. The summed E-state index contributed by atoms with van der Waals surface area (Å²) in [5.41, 5.74) is 5.74. The molecule has 0 atom stereocenters. The van der Waals surface area contributed by atoms with Crippen molar-refractivity contribution in [2.45, 2.75) is 12.8 Å². The van der Waals surface area contributed by atoms with Crippen molar-refractivity contribution in [2.24, 2.45) is 5.10 Å². The highest BCUT2D eigenvalue weighted by atomic mass is 16.5. The number of aryl methyl sites for hydroxylation is 1. The topological polar surface area (TPSA) is 91.2 Å². The summed E-state index contributed by atoms with van der Waals surface area (Å²) in [4.78, 5) is 26.8. The Morgan fingerprint density at radius 3 is 2.61 bits per heavy atom. The van der Waals surface area contributed by atoms with E-state index in [-0.39, 0.29) is 11.7 Å². The van der Waals surface area contributed by atoms with E-state index in [0.717, 1.165) is 12.0 Å². The van der Waals surface area contributed by atoms with E-state index in [1.54, 1.807) is 41.3 Å². The Morgan fingerprint density at radius 2 is 1.79 bits per heavy atom. The lowest BCUT2D eigenvalue weighted by Crippen LogP contribution is -2.40. The fourth-order valence-corrected chi connectivity index (χ4v) is 3.54. The Balaban J connectivity index is 1.48. The van der Waals surface area contributed by atoms with E-state index >= 15 is 0 Å². The molecule has 2 amide bonds. The summed E-state index contributed by atoms with van der Waals surface area (Å²) < 4.78 is 5.27. The molecule has 0 unspecified atom stereocenters. The van der Waals surface area contributed by atoms with Crippen LogP contribution in [-0.2, 0) is 11.2 Å². The molecule has 0 radical (unpaired) electrons. The average Bonchev–Trinajstić information content (AvgIpc) is 3.16. The van der Waals surface area contributed by atoms with Gasteiger partial charge in [0.2, 0.25) is 0 Å². The van der Waals surface area contributed by atoms with E-state index in [1.165, 1.54) is 0 Å². The lowest BCUT2D eigenvalue weighted by Gasteiger charge is -2.26. The van der Waals surface area contributed by atoms with Crippen molar-refractivity contribution in [1.29, 1.82) is 0 Å². The molecule has 7 heteroatoms. The molecule has 0 aromatic heterocycles. The van der Waals surface area contributed by atoms with E-state index in [4.69, 9.17) is 4.74 Å². The highest BCUT2D eigenvalue weighted by molar-refractivity contribution is 6.07. The fourth-order valence-electron chi connectivity index (χ4n) is 3.54. The Bertz CT molecular complexity index is 948. The number of rotatable bonds is 3. The van der Waals surface area contributed by atoms with Gasteiger partial charge < -0.3 is 14.7 Å². The first kappa shape index (κ1) is 18.2. The maximum Gasteiger partial charge on any atom is 0.271 e. The van der Waals surface area contributed by atoms with Crippen molar-refractivity contribution in [3.05, 3.63) is 64.7 Å². The number of carbonyl (C=O) groups excluding carboxylic acids is 2. The molecular formula is C21H21N3O4. The van der Waals surface area contributed by atoms with Crippen molar-refractivity contribution in [3.63, 3.8) is 0 Å². The Kier molecular flexibility index (Phi) is 5.08. The number of morpholine rings is 1. The third-order valence-electron chi connectivity index (χ3n) is 5.01. The van der Waals surface area contributed by atoms with Crippen molar-refractivity contribution in [2.75, 3.05) is 26.3 Å². The molecule has 1 aliphatic carbocycles. The number of carbonyl (C=O) groups is 2. The van der Waals surface area contributed by atoms with Gasteiger partial charge in [0.05, 0.1) is 18.9 Å². The number of ether oxygens (including phenoxy) is 1. The van der Waals surface area contributed by atoms with Gasteiger partial charge >= 0.3 is 0 Å². The molecule has 0 saturated carbocycles.